The van der Waals surface area contributed by atoms with E-state index >= 15 is 0 Å². The fourth-order valence-corrected chi connectivity index (χ4v) is 4.78. The van der Waals surface area contributed by atoms with E-state index in [2.05, 4.69) is 5.32 Å². The van der Waals surface area contributed by atoms with Gasteiger partial charge in [-0.25, -0.2) is 0 Å². The van der Waals surface area contributed by atoms with Crippen molar-refractivity contribution >= 4 is 58.4 Å². The second kappa shape index (κ2) is 12.2. The number of nitrogens with one attached hydrogen (secondary N) is 1. The summed E-state index contributed by atoms with van der Waals surface area (Å²) >= 11 is 20.3. The van der Waals surface area contributed by atoms with Gasteiger partial charge >= 0.3 is 0 Å². The third kappa shape index (κ3) is 8.18. The lowest BCUT2D eigenvalue weighted by Crippen LogP contribution is -2.53. The molecule has 1 unspecified atom stereocenters. The zero-order valence-electron chi connectivity index (χ0n) is 18.8. The van der Waals surface area contributed by atoms with Crippen LogP contribution in [0.2, 0.25) is 15.1 Å². The molecule has 8 heteroatoms. The third-order valence-electron chi connectivity index (χ3n) is 4.66. The van der Waals surface area contributed by atoms with E-state index in [1.807, 2.05) is 52.0 Å². The Morgan fingerprint density at radius 2 is 1.69 bits per heavy atom. The summed E-state index contributed by atoms with van der Waals surface area (Å²) in [5.74, 6) is 0.506. The quantitative estimate of drug-likeness (QED) is 0.409. The highest BCUT2D eigenvalue weighted by molar-refractivity contribution is 7.99. The molecule has 0 heterocycles. The van der Waals surface area contributed by atoms with Gasteiger partial charge in [0.05, 0.1) is 5.75 Å². The van der Waals surface area contributed by atoms with E-state index in [4.69, 9.17) is 34.8 Å². The molecule has 0 aliphatic carbocycles. The normalized spacial score (nSPS) is 12.3. The Balaban J connectivity index is 2.23. The van der Waals surface area contributed by atoms with E-state index in [1.54, 1.807) is 23.1 Å². The number of benzene rings is 2. The van der Waals surface area contributed by atoms with Crippen LogP contribution in [0.4, 0.5) is 0 Å². The Bertz CT molecular complexity index is 927. The number of thioether (sulfide) groups is 1. The maximum absolute atomic E-state index is 13.3. The Hall–Kier alpha value is -1.40. The molecule has 2 aromatic carbocycles. The highest BCUT2D eigenvalue weighted by Gasteiger charge is 2.31. The monoisotopic (exact) mass is 514 g/mol. The summed E-state index contributed by atoms with van der Waals surface area (Å²) in [5.41, 5.74) is 1.25. The van der Waals surface area contributed by atoms with Crippen LogP contribution in [-0.2, 0) is 21.9 Å². The average molecular weight is 516 g/mol. The van der Waals surface area contributed by atoms with Crippen molar-refractivity contribution in [2.24, 2.45) is 0 Å². The van der Waals surface area contributed by atoms with E-state index in [1.165, 1.54) is 11.8 Å². The molecule has 2 aromatic rings. The minimum Gasteiger partial charge on any atom is -0.350 e. The highest BCUT2D eigenvalue weighted by Crippen LogP contribution is 2.28. The zero-order valence-corrected chi connectivity index (χ0v) is 21.8. The lowest BCUT2D eigenvalue weighted by molar-refractivity contribution is -0.140. The number of rotatable bonds is 9. The molecule has 4 nitrogen and oxygen atoms in total. The van der Waals surface area contributed by atoms with Gasteiger partial charge in [-0.05, 0) is 57.0 Å². The van der Waals surface area contributed by atoms with Crippen molar-refractivity contribution in [3.8, 4) is 0 Å². The Morgan fingerprint density at radius 1 is 1.06 bits per heavy atom. The summed E-state index contributed by atoms with van der Waals surface area (Å²) in [4.78, 5) is 27.9. The second-order valence-corrected chi connectivity index (χ2v) is 10.7. The number of nitrogens with zero attached hydrogens (tertiary/aromatic N) is 1. The van der Waals surface area contributed by atoms with Crippen LogP contribution in [0.15, 0.2) is 42.5 Å². The molecule has 174 valence electrons. The van der Waals surface area contributed by atoms with Crippen molar-refractivity contribution in [2.75, 3.05) is 5.75 Å². The first-order valence-corrected chi connectivity index (χ1v) is 12.7. The largest absolute Gasteiger partial charge is 0.350 e. The maximum atomic E-state index is 13.3. The van der Waals surface area contributed by atoms with E-state index in [0.29, 0.717) is 32.8 Å². The minimum absolute atomic E-state index is 0.149. The molecule has 0 radical (unpaired) electrons. The van der Waals surface area contributed by atoms with Crippen molar-refractivity contribution < 1.29 is 9.59 Å². The van der Waals surface area contributed by atoms with Gasteiger partial charge in [0, 0.05) is 38.5 Å². The number of hydrogen-bond donors (Lipinski definition) is 1. The molecule has 1 N–H and O–H groups in total. The van der Waals surface area contributed by atoms with Gasteiger partial charge in [-0.15, -0.1) is 11.8 Å². The van der Waals surface area contributed by atoms with Crippen LogP contribution in [0, 0.1) is 0 Å². The van der Waals surface area contributed by atoms with Gasteiger partial charge in [0.15, 0.2) is 0 Å². The van der Waals surface area contributed by atoms with Gasteiger partial charge in [-0.3, -0.25) is 9.59 Å². The smallest absolute Gasteiger partial charge is 0.243 e. The molecule has 0 saturated heterocycles. The third-order valence-corrected chi connectivity index (χ3v) is 6.59. The lowest BCUT2D eigenvalue weighted by Gasteiger charge is -2.33. The number of halogens is 3. The first kappa shape index (κ1) is 26.8. The molecule has 2 amide bonds. The van der Waals surface area contributed by atoms with Crippen LogP contribution in [0.3, 0.4) is 0 Å². The second-order valence-electron chi connectivity index (χ2n) is 8.51. The molecule has 0 aromatic heterocycles. The molecule has 1 atom stereocenters. The first-order valence-electron chi connectivity index (χ1n) is 10.4. The van der Waals surface area contributed by atoms with Crippen LogP contribution < -0.4 is 5.32 Å². The number of amides is 2. The summed E-state index contributed by atoms with van der Waals surface area (Å²) in [6, 6.07) is 12.1. The van der Waals surface area contributed by atoms with E-state index in [9.17, 15) is 9.59 Å². The Morgan fingerprint density at radius 3 is 2.25 bits per heavy atom. The number of carbonyl (C=O) groups is 2. The summed E-state index contributed by atoms with van der Waals surface area (Å²) < 4.78 is 0. The molecular weight excluding hydrogens is 487 g/mol. The van der Waals surface area contributed by atoms with E-state index < -0.39 is 11.6 Å². The summed E-state index contributed by atoms with van der Waals surface area (Å²) in [7, 11) is 0. The topological polar surface area (TPSA) is 49.4 Å². The molecule has 32 heavy (non-hydrogen) atoms. The van der Waals surface area contributed by atoms with Crippen molar-refractivity contribution in [3.63, 3.8) is 0 Å². The van der Waals surface area contributed by atoms with Crippen LogP contribution in [0.1, 0.15) is 45.2 Å². The van der Waals surface area contributed by atoms with Gasteiger partial charge in [0.25, 0.3) is 0 Å². The zero-order chi connectivity index (χ0) is 23.9. The molecule has 0 fully saturated rings. The van der Waals surface area contributed by atoms with Gasteiger partial charge in [-0.1, -0.05) is 59.9 Å². The van der Waals surface area contributed by atoms with Gasteiger partial charge in [-0.2, -0.15) is 0 Å². The molecule has 0 aliphatic heterocycles. The van der Waals surface area contributed by atoms with Gasteiger partial charge < -0.3 is 10.2 Å². The molecule has 0 aliphatic rings. The molecule has 0 bridgehead atoms. The number of hydrogen-bond acceptors (Lipinski definition) is 3. The molecule has 0 spiro atoms. The molecule has 2 rings (SSSR count). The predicted octanol–water partition coefficient (Wildman–Crippen LogP) is 6.60. The summed E-state index contributed by atoms with van der Waals surface area (Å²) in [6.45, 7) is 7.78. The van der Waals surface area contributed by atoms with Crippen molar-refractivity contribution in [1.29, 1.82) is 0 Å². The van der Waals surface area contributed by atoms with Gasteiger partial charge in [0.2, 0.25) is 11.8 Å². The van der Waals surface area contributed by atoms with Crippen molar-refractivity contribution in [2.45, 2.75) is 58.0 Å². The number of carbonyl (C=O) groups excluding carboxylic acids is 2. The van der Waals surface area contributed by atoms with Crippen LogP contribution in [-0.4, -0.2) is 34.0 Å². The minimum atomic E-state index is -0.638. The van der Waals surface area contributed by atoms with Crippen LogP contribution in [0.25, 0.3) is 0 Å². The van der Waals surface area contributed by atoms with Crippen molar-refractivity contribution in [3.05, 3.63) is 68.7 Å². The average Bonchev–Trinajstić information content (AvgIpc) is 2.68. The Labute approximate surface area is 210 Å². The molecule has 0 saturated carbocycles. The standard InChI is InChI=1S/C24H29Cl3N2O2S/c1-5-21(23(31)28-24(2,3)4)29(13-18-19(26)10-7-11-20(18)27)22(30)15-32-14-16-8-6-9-17(25)12-16/h6-12,21H,5,13-15H2,1-4H3,(H,28,31). The maximum Gasteiger partial charge on any atom is 0.243 e. The summed E-state index contributed by atoms with van der Waals surface area (Å²) in [5, 5.41) is 4.58. The SMILES string of the molecule is CCC(C(=O)NC(C)(C)C)N(Cc1c(Cl)cccc1Cl)C(=O)CSCc1cccc(Cl)c1. The van der Waals surface area contributed by atoms with Gasteiger partial charge in [0.1, 0.15) is 6.04 Å². The summed E-state index contributed by atoms with van der Waals surface area (Å²) in [6.07, 6.45) is 0.467. The first-order chi connectivity index (χ1) is 15.0. The van der Waals surface area contributed by atoms with E-state index in [0.717, 1.165) is 5.56 Å². The van der Waals surface area contributed by atoms with E-state index in [-0.39, 0.29) is 24.1 Å². The molecular formula is C24H29Cl3N2O2S. The van der Waals surface area contributed by atoms with Crippen LogP contribution in [0.5, 0.6) is 0 Å². The lowest BCUT2D eigenvalue weighted by atomic mass is 10.1. The highest BCUT2D eigenvalue weighted by atomic mass is 35.5. The Kier molecular flexibility index (Phi) is 10.2. The van der Waals surface area contributed by atoms with Crippen LogP contribution >= 0.6 is 46.6 Å². The predicted molar refractivity (Wildman–Crippen MR) is 137 cm³/mol. The fourth-order valence-electron chi connectivity index (χ4n) is 3.19. The van der Waals surface area contributed by atoms with Crippen molar-refractivity contribution in [1.82, 2.24) is 10.2 Å². The fraction of sp³-hybridized carbons (Fsp3) is 0.417.